The SMILES string of the molecule is CCOC(=O)C1=C(C(F)(F)F)Nc2ncnn2[C@@H]1c1cnn(C)c1C. The zero-order valence-electron chi connectivity index (χ0n) is 13.6. The Kier molecular flexibility index (Phi) is 4.01. The number of rotatable bonds is 3. The summed E-state index contributed by atoms with van der Waals surface area (Å²) in [6.45, 7) is 3.15. The van der Waals surface area contributed by atoms with Crippen molar-refractivity contribution >= 4 is 11.9 Å². The highest BCUT2D eigenvalue weighted by Crippen LogP contribution is 2.41. The molecule has 134 valence electrons. The molecule has 0 saturated carbocycles. The lowest BCUT2D eigenvalue weighted by molar-refractivity contribution is -0.140. The van der Waals surface area contributed by atoms with E-state index in [2.05, 4.69) is 20.5 Å². The van der Waals surface area contributed by atoms with Crippen LogP contribution in [0.2, 0.25) is 0 Å². The van der Waals surface area contributed by atoms with Crippen LogP contribution >= 0.6 is 0 Å². The first kappa shape index (κ1) is 17.0. The quantitative estimate of drug-likeness (QED) is 0.843. The molecule has 25 heavy (non-hydrogen) atoms. The number of nitrogens with one attached hydrogen (secondary N) is 1. The topological polar surface area (TPSA) is 86.9 Å². The number of nitrogens with zero attached hydrogens (tertiary/aromatic N) is 5. The molecule has 0 amide bonds. The number of halogens is 3. The molecule has 2 aromatic heterocycles. The number of hydrogen-bond donors (Lipinski definition) is 1. The zero-order valence-corrected chi connectivity index (χ0v) is 13.6. The third-order valence-electron chi connectivity index (χ3n) is 3.94. The molecule has 1 aliphatic heterocycles. The number of carbonyl (C=O) groups excluding carboxylic acids is 1. The summed E-state index contributed by atoms with van der Waals surface area (Å²) in [5, 5.41) is 10.2. The minimum Gasteiger partial charge on any atom is -0.463 e. The van der Waals surface area contributed by atoms with Gasteiger partial charge in [-0.2, -0.15) is 28.4 Å². The van der Waals surface area contributed by atoms with E-state index >= 15 is 0 Å². The first-order valence-electron chi connectivity index (χ1n) is 7.39. The standard InChI is InChI=1S/C14H15F3N6O2/c1-4-25-12(24)9-10(8-5-19-22(3)7(8)2)23-13(18-6-20-23)21-11(9)14(15,16)17/h5-6,10H,4H2,1-3H3,(H,18,20,21)/t10-/m1/s1. The van der Waals surface area contributed by atoms with Crippen molar-refractivity contribution in [3.8, 4) is 0 Å². The Morgan fingerprint density at radius 1 is 1.40 bits per heavy atom. The Labute approximate surface area is 140 Å². The molecule has 1 atom stereocenters. The summed E-state index contributed by atoms with van der Waals surface area (Å²) in [4.78, 5) is 16.2. The van der Waals surface area contributed by atoms with Crippen molar-refractivity contribution in [1.82, 2.24) is 24.5 Å². The highest BCUT2D eigenvalue weighted by molar-refractivity contribution is 5.92. The zero-order chi connectivity index (χ0) is 18.4. The van der Waals surface area contributed by atoms with Gasteiger partial charge >= 0.3 is 12.1 Å². The molecule has 0 aliphatic carbocycles. The monoisotopic (exact) mass is 356 g/mol. The predicted molar refractivity (Wildman–Crippen MR) is 79.4 cm³/mol. The van der Waals surface area contributed by atoms with Crippen LogP contribution in [-0.4, -0.2) is 43.3 Å². The van der Waals surface area contributed by atoms with Gasteiger partial charge in [-0.1, -0.05) is 0 Å². The predicted octanol–water partition coefficient (Wildman–Crippen LogP) is 1.71. The molecule has 0 aromatic carbocycles. The maximum atomic E-state index is 13.6. The largest absolute Gasteiger partial charge is 0.463 e. The van der Waals surface area contributed by atoms with Crippen molar-refractivity contribution in [3.63, 3.8) is 0 Å². The van der Waals surface area contributed by atoms with Crippen molar-refractivity contribution in [2.45, 2.75) is 26.1 Å². The molecule has 3 heterocycles. The fourth-order valence-electron chi connectivity index (χ4n) is 2.68. The number of hydrogen-bond acceptors (Lipinski definition) is 6. The summed E-state index contributed by atoms with van der Waals surface area (Å²) in [5.41, 5.74) is -0.791. The minimum atomic E-state index is -4.80. The maximum absolute atomic E-state index is 13.6. The van der Waals surface area contributed by atoms with Crippen LogP contribution in [0, 0.1) is 6.92 Å². The smallest absolute Gasteiger partial charge is 0.431 e. The van der Waals surface area contributed by atoms with E-state index in [0.29, 0.717) is 11.3 Å². The lowest BCUT2D eigenvalue weighted by Gasteiger charge is -2.29. The first-order chi connectivity index (χ1) is 11.8. The number of allylic oxidation sites excluding steroid dienone is 1. The third kappa shape index (κ3) is 2.75. The maximum Gasteiger partial charge on any atom is 0.431 e. The number of aromatic nitrogens is 5. The molecule has 0 spiro atoms. The lowest BCUT2D eigenvalue weighted by atomic mass is 9.95. The Morgan fingerprint density at radius 2 is 2.12 bits per heavy atom. The lowest BCUT2D eigenvalue weighted by Crippen LogP contribution is -2.35. The van der Waals surface area contributed by atoms with Crippen LogP contribution in [0.4, 0.5) is 19.1 Å². The molecule has 0 fully saturated rings. The van der Waals surface area contributed by atoms with Crippen LogP contribution in [0.1, 0.15) is 24.2 Å². The number of carbonyl (C=O) groups is 1. The summed E-state index contributed by atoms with van der Waals surface area (Å²) in [5.74, 6) is -1.19. The molecular weight excluding hydrogens is 341 g/mol. The van der Waals surface area contributed by atoms with Crippen LogP contribution in [0.15, 0.2) is 23.8 Å². The molecule has 0 radical (unpaired) electrons. The summed E-state index contributed by atoms with van der Waals surface area (Å²) in [7, 11) is 1.65. The number of anilines is 1. The van der Waals surface area contributed by atoms with Crippen LogP contribution < -0.4 is 5.32 Å². The Balaban J connectivity index is 2.28. The van der Waals surface area contributed by atoms with Crippen molar-refractivity contribution in [1.29, 1.82) is 0 Å². The molecule has 1 aliphatic rings. The number of fused-ring (bicyclic) bond motifs is 1. The van der Waals surface area contributed by atoms with Gasteiger partial charge in [0.15, 0.2) is 0 Å². The molecule has 1 N–H and O–H groups in total. The molecule has 3 rings (SSSR count). The van der Waals surface area contributed by atoms with Gasteiger partial charge in [0, 0.05) is 18.3 Å². The van der Waals surface area contributed by atoms with Gasteiger partial charge in [-0.25, -0.2) is 9.48 Å². The van der Waals surface area contributed by atoms with Gasteiger partial charge in [0.05, 0.1) is 18.4 Å². The van der Waals surface area contributed by atoms with Gasteiger partial charge in [0.1, 0.15) is 18.1 Å². The van der Waals surface area contributed by atoms with E-state index in [1.807, 2.05) is 0 Å². The van der Waals surface area contributed by atoms with Gasteiger partial charge in [-0.15, -0.1) is 0 Å². The van der Waals surface area contributed by atoms with E-state index in [9.17, 15) is 18.0 Å². The van der Waals surface area contributed by atoms with Crippen molar-refractivity contribution < 1.29 is 22.7 Å². The third-order valence-corrected chi connectivity index (χ3v) is 3.94. The molecule has 8 nitrogen and oxygen atoms in total. The highest BCUT2D eigenvalue weighted by Gasteiger charge is 2.47. The van der Waals surface area contributed by atoms with Crippen molar-refractivity contribution in [2.24, 2.45) is 7.05 Å². The summed E-state index contributed by atoms with van der Waals surface area (Å²) in [6.07, 6.45) is -2.28. The Bertz CT molecular complexity index is 851. The minimum absolute atomic E-state index is 0.0591. The number of alkyl halides is 3. The highest BCUT2D eigenvalue weighted by atomic mass is 19.4. The average Bonchev–Trinajstić information content (AvgIpc) is 3.12. The second kappa shape index (κ2) is 5.90. The number of aryl methyl sites for hydroxylation is 1. The van der Waals surface area contributed by atoms with E-state index in [1.54, 1.807) is 14.0 Å². The second-order valence-corrected chi connectivity index (χ2v) is 5.37. The summed E-state index contributed by atoms with van der Waals surface area (Å²) >= 11 is 0. The Morgan fingerprint density at radius 3 is 2.68 bits per heavy atom. The second-order valence-electron chi connectivity index (χ2n) is 5.37. The van der Waals surface area contributed by atoms with Crippen molar-refractivity contribution in [3.05, 3.63) is 35.1 Å². The molecule has 0 unspecified atom stereocenters. The van der Waals surface area contributed by atoms with E-state index < -0.39 is 29.5 Å². The van der Waals surface area contributed by atoms with Crippen LogP contribution in [-0.2, 0) is 16.6 Å². The average molecular weight is 356 g/mol. The van der Waals surface area contributed by atoms with Crippen molar-refractivity contribution in [2.75, 3.05) is 11.9 Å². The van der Waals surface area contributed by atoms with Gasteiger partial charge in [0.25, 0.3) is 0 Å². The van der Waals surface area contributed by atoms with E-state index in [4.69, 9.17) is 4.74 Å². The van der Waals surface area contributed by atoms with E-state index in [0.717, 1.165) is 6.33 Å². The van der Waals surface area contributed by atoms with Gasteiger partial charge in [0.2, 0.25) is 5.95 Å². The van der Waals surface area contributed by atoms with Gasteiger partial charge in [-0.05, 0) is 13.8 Å². The van der Waals surface area contributed by atoms with Crippen LogP contribution in [0.25, 0.3) is 0 Å². The molecular formula is C14H15F3N6O2. The van der Waals surface area contributed by atoms with E-state index in [1.165, 1.54) is 22.5 Å². The summed E-state index contributed by atoms with van der Waals surface area (Å²) in [6, 6.07) is -1.15. The van der Waals surface area contributed by atoms with Crippen LogP contribution in [0.3, 0.4) is 0 Å². The molecule has 2 aromatic rings. The number of esters is 1. The number of ether oxygens (including phenoxy) is 1. The normalized spacial score (nSPS) is 17.3. The molecule has 11 heteroatoms. The fourth-order valence-corrected chi connectivity index (χ4v) is 2.68. The van der Waals surface area contributed by atoms with Gasteiger partial charge < -0.3 is 10.1 Å². The van der Waals surface area contributed by atoms with E-state index in [-0.39, 0.29) is 12.6 Å². The first-order valence-corrected chi connectivity index (χ1v) is 7.39. The van der Waals surface area contributed by atoms with Crippen LogP contribution in [0.5, 0.6) is 0 Å². The molecule has 0 bridgehead atoms. The Hall–Kier alpha value is -2.85. The molecule has 0 saturated heterocycles. The van der Waals surface area contributed by atoms with Gasteiger partial charge in [-0.3, -0.25) is 4.68 Å². The fraction of sp³-hybridized carbons (Fsp3) is 0.429. The summed E-state index contributed by atoms with van der Waals surface area (Å²) < 4.78 is 48.3.